The van der Waals surface area contributed by atoms with Gasteiger partial charge in [0.2, 0.25) is 10.0 Å². The molecule has 0 aliphatic carbocycles. The van der Waals surface area contributed by atoms with E-state index in [0.717, 1.165) is 40.8 Å². The van der Waals surface area contributed by atoms with Gasteiger partial charge in [-0.3, -0.25) is 4.90 Å². The number of β-amino-alcohol motifs (C(OH)–C–C–N with tert-alkyl or cyclic N) is 1. The Bertz CT molecular complexity index is 1600. The van der Waals surface area contributed by atoms with Crippen LogP contribution in [-0.4, -0.2) is 55.4 Å². The lowest BCUT2D eigenvalue weighted by atomic mass is 9.83. The number of hydrogen-bond acceptors (Lipinski definition) is 7. The summed E-state index contributed by atoms with van der Waals surface area (Å²) < 4.78 is 41.6. The van der Waals surface area contributed by atoms with E-state index in [2.05, 4.69) is 21.8 Å². The van der Waals surface area contributed by atoms with Crippen molar-refractivity contribution in [1.82, 2.24) is 9.62 Å². The predicted octanol–water partition coefficient (Wildman–Crippen LogP) is 4.66. The van der Waals surface area contributed by atoms with Gasteiger partial charge in [0.05, 0.1) is 29.8 Å². The smallest absolute Gasteiger partial charge is 0.240 e. The molecule has 0 aromatic heterocycles. The van der Waals surface area contributed by atoms with Crippen LogP contribution in [0.4, 0.5) is 0 Å². The maximum absolute atomic E-state index is 12.7. The van der Waals surface area contributed by atoms with E-state index in [1.165, 1.54) is 0 Å². The summed E-state index contributed by atoms with van der Waals surface area (Å²) in [7, 11) is -3.62. The van der Waals surface area contributed by atoms with E-state index in [1.807, 2.05) is 66.7 Å². The molecule has 9 heteroatoms. The molecule has 0 amide bonds. The first-order chi connectivity index (χ1) is 21.4. The molecular formula is C35H38N2O6S. The molecule has 0 radical (unpaired) electrons. The Morgan fingerprint density at radius 2 is 1.41 bits per heavy atom. The number of nitrogens with one attached hydrogen (secondary N) is 1. The number of likely N-dealkylation sites (tertiary alicyclic amines) is 1. The van der Waals surface area contributed by atoms with Gasteiger partial charge in [-0.15, -0.1) is 0 Å². The molecule has 5 unspecified atom stereocenters. The van der Waals surface area contributed by atoms with E-state index < -0.39 is 16.3 Å². The van der Waals surface area contributed by atoms with E-state index >= 15 is 0 Å². The third-order valence-corrected chi connectivity index (χ3v) is 9.85. The summed E-state index contributed by atoms with van der Waals surface area (Å²) in [5, 5.41) is 19.9. The van der Waals surface area contributed by atoms with E-state index in [9.17, 15) is 18.6 Å². The van der Waals surface area contributed by atoms with Crippen LogP contribution in [0.3, 0.4) is 0 Å². The topological polar surface area (TPSA) is 108 Å². The molecule has 4 aromatic carbocycles. The lowest BCUT2D eigenvalue weighted by Crippen LogP contribution is -2.44. The molecule has 230 valence electrons. The zero-order valence-electron chi connectivity index (χ0n) is 24.4. The molecule has 44 heavy (non-hydrogen) atoms. The van der Waals surface area contributed by atoms with Crippen LogP contribution >= 0.6 is 0 Å². The summed E-state index contributed by atoms with van der Waals surface area (Å²) in [6.45, 7) is 2.17. The van der Waals surface area contributed by atoms with Gasteiger partial charge in [-0.2, -0.15) is 0 Å². The Morgan fingerprint density at radius 3 is 2.05 bits per heavy atom. The average Bonchev–Trinajstić information content (AvgIpc) is 3.48. The Kier molecular flexibility index (Phi) is 9.53. The first-order valence-corrected chi connectivity index (χ1v) is 16.5. The number of aliphatic hydroxyl groups is 2. The van der Waals surface area contributed by atoms with Crippen molar-refractivity contribution < 1.29 is 28.1 Å². The minimum absolute atomic E-state index is 0.0343. The quantitative estimate of drug-likeness (QED) is 0.238. The molecule has 2 saturated heterocycles. The minimum Gasteiger partial charge on any atom is -0.392 e. The molecule has 0 bridgehead atoms. The highest BCUT2D eigenvalue weighted by atomic mass is 32.2. The monoisotopic (exact) mass is 614 g/mol. The highest BCUT2D eigenvalue weighted by molar-refractivity contribution is 7.89. The highest BCUT2D eigenvalue weighted by Crippen LogP contribution is 2.47. The molecule has 8 nitrogen and oxygen atoms in total. The van der Waals surface area contributed by atoms with Gasteiger partial charge in [0, 0.05) is 37.7 Å². The maximum atomic E-state index is 12.7. The van der Waals surface area contributed by atoms with Crippen molar-refractivity contribution in [1.29, 1.82) is 0 Å². The first-order valence-electron chi connectivity index (χ1n) is 15.0. The molecule has 3 N–H and O–H groups in total. The van der Waals surface area contributed by atoms with Gasteiger partial charge < -0.3 is 19.7 Å². The van der Waals surface area contributed by atoms with Gasteiger partial charge in [-0.25, -0.2) is 13.1 Å². The largest absolute Gasteiger partial charge is 0.392 e. The molecule has 0 spiro atoms. The van der Waals surface area contributed by atoms with Crippen LogP contribution in [0.25, 0.3) is 0 Å². The van der Waals surface area contributed by atoms with Crippen LogP contribution in [0, 0.1) is 0 Å². The Labute approximate surface area is 258 Å². The van der Waals surface area contributed by atoms with Crippen LogP contribution in [0.1, 0.15) is 52.5 Å². The molecule has 2 aliphatic heterocycles. The van der Waals surface area contributed by atoms with Crippen LogP contribution in [-0.2, 0) is 32.6 Å². The molecule has 2 heterocycles. The number of sulfonamides is 1. The normalized spacial score (nSPS) is 24.4. The second-order valence-corrected chi connectivity index (χ2v) is 13.2. The van der Waals surface area contributed by atoms with E-state index in [4.69, 9.17) is 9.47 Å². The van der Waals surface area contributed by atoms with Crippen molar-refractivity contribution in [3.8, 4) is 0 Å². The zero-order valence-corrected chi connectivity index (χ0v) is 25.2. The van der Waals surface area contributed by atoms with Crippen molar-refractivity contribution in [2.24, 2.45) is 0 Å². The fourth-order valence-corrected chi connectivity index (χ4v) is 7.09. The summed E-state index contributed by atoms with van der Waals surface area (Å²) in [4.78, 5) is 2.48. The molecule has 2 aliphatic rings. The van der Waals surface area contributed by atoms with E-state index in [0.29, 0.717) is 13.1 Å². The fraction of sp³-hybridized carbons (Fsp3) is 0.314. The fourth-order valence-electron chi connectivity index (χ4n) is 6.05. The Morgan fingerprint density at radius 1 is 0.773 bits per heavy atom. The summed E-state index contributed by atoms with van der Waals surface area (Å²) in [6.07, 6.45) is -0.829. The Balaban J connectivity index is 1.27. The van der Waals surface area contributed by atoms with Crippen molar-refractivity contribution >= 4 is 10.0 Å². The third-order valence-electron chi connectivity index (χ3n) is 8.43. The standard InChI is InChI=1S/C35H38N2O6S/c38-24-26-13-15-28(16-14-26)34-33(27-7-3-1-4-8-27)32(23-37-20-19-30(39)22-37)42-35(43-34)29-17-11-25(12-18-29)21-36-44(40,41)31-9-5-2-6-10-31/h1-18,30,32-36,38-39H,19-24H2. The number of benzene rings is 4. The molecule has 0 saturated carbocycles. The summed E-state index contributed by atoms with van der Waals surface area (Å²) in [5.41, 5.74) is 4.56. The number of aliphatic hydroxyl groups excluding tert-OH is 2. The number of hydrogen-bond donors (Lipinski definition) is 3. The molecule has 4 aromatic rings. The van der Waals surface area contributed by atoms with Crippen LogP contribution in [0.5, 0.6) is 0 Å². The van der Waals surface area contributed by atoms with Crippen molar-refractivity contribution in [2.45, 2.75) is 55.0 Å². The predicted molar refractivity (Wildman–Crippen MR) is 167 cm³/mol. The van der Waals surface area contributed by atoms with Crippen LogP contribution in [0.15, 0.2) is 114 Å². The van der Waals surface area contributed by atoms with Crippen LogP contribution < -0.4 is 4.72 Å². The number of ether oxygens (including phenoxy) is 2. The average molecular weight is 615 g/mol. The SMILES string of the molecule is O=S(=O)(NCc1ccc(C2OC(CN3CCC(O)C3)C(c3ccccc3)C(c3ccc(CO)cc3)O2)cc1)c1ccccc1. The molecular weight excluding hydrogens is 576 g/mol. The van der Waals surface area contributed by atoms with Crippen molar-refractivity contribution in [3.05, 3.63) is 137 Å². The summed E-state index contributed by atoms with van der Waals surface area (Å²) in [5.74, 6) is -0.114. The lowest BCUT2D eigenvalue weighted by molar-refractivity contribution is -0.263. The second-order valence-electron chi connectivity index (χ2n) is 11.5. The molecule has 2 fully saturated rings. The maximum Gasteiger partial charge on any atom is 0.240 e. The van der Waals surface area contributed by atoms with Gasteiger partial charge in [-0.1, -0.05) is 97.1 Å². The van der Waals surface area contributed by atoms with Crippen molar-refractivity contribution in [2.75, 3.05) is 19.6 Å². The van der Waals surface area contributed by atoms with Gasteiger partial charge in [-0.05, 0) is 40.8 Å². The first kappa shape index (κ1) is 30.6. The van der Waals surface area contributed by atoms with E-state index in [-0.39, 0.29) is 42.3 Å². The highest BCUT2D eigenvalue weighted by Gasteiger charge is 2.43. The lowest BCUT2D eigenvalue weighted by Gasteiger charge is -2.44. The van der Waals surface area contributed by atoms with Gasteiger partial charge in [0.25, 0.3) is 0 Å². The summed E-state index contributed by atoms with van der Waals surface area (Å²) in [6, 6.07) is 34.0. The second kappa shape index (κ2) is 13.7. The van der Waals surface area contributed by atoms with E-state index in [1.54, 1.807) is 30.3 Å². The van der Waals surface area contributed by atoms with Crippen LogP contribution in [0.2, 0.25) is 0 Å². The Hall–Kier alpha value is -3.41. The zero-order chi connectivity index (χ0) is 30.5. The number of rotatable bonds is 10. The number of nitrogens with zero attached hydrogens (tertiary/aromatic N) is 1. The van der Waals surface area contributed by atoms with Gasteiger partial charge >= 0.3 is 0 Å². The van der Waals surface area contributed by atoms with Gasteiger partial charge in [0.15, 0.2) is 6.29 Å². The molecule has 6 rings (SSSR count). The van der Waals surface area contributed by atoms with Crippen molar-refractivity contribution in [3.63, 3.8) is 0 Å². The molecule has 5 atom stereocenters. The third kappa shape index (κ3) is 7.11. The minimum atomic E-state index is -3.62. The summed E-state index contributed by atoms with van der Waals surface area (Å²) >= 11 is 0. The van der Waals surface area contributed by atoms with Gasteiger partial charge in [0.1, 0.15) is 0 Å².